The average Bonchev–Trinajstić information content (AvgIpc) is 2.19. The van der Waals surface area contributed by atoms with Crippen molar-refractivity contribution >= 4 is 22.3 Å². The van der Waals surface area contributed by atoms with Gasteiger partial charge in [0, 0.05) is 0 Å². The first-order valence-electron chi connectivity index (χ1n) is 4.50. The molecule has 0 aliphatic rings. The third-order valence-electron chi connectivity index (χ3n) is 2.05. The molecule has 0 aromatic heterocycles. The summed E-state index contributed by atoms with van der Waals surface area (Å²) in [5.74, 6) is 1.73. The summed E-state index contributed by atoms with van der Waals surface area (Å²) in [5, 5.41) is 0. The van der Waals surface area contributed by atoms with E-state index < -0.39 is 0 Å². The molecule has 0 radical (unpaired) electrons. The Kier molecular flexibility index (Phi) is 4.62. The first-order chi connectivity index (χ1) is 6.26. The van der Waals surface area contributed by atoms with E-state index in [0.717, 1.165) is 11.7 Å². The molecule has 0 aliphatic heterocycles. The van der Waals surface area contributed by atoms with E-state index in [4.69, 9.17) is 4.74 Å². The molecule has 0 aliphatic carbocycles. The Hall–Kier alpha value is -0.190. The van der Waals surface area contributed by atoms with Gasteiger partial charge in [0.1, 0.15) is 0 Å². The molecule has 0 saturated heterocycles. The van der Waals surface area contributed by atoms with Gasteiger partial charge in [-0.15, -0.1) is 0 Å². The molecular weight excluding hydrogens is 276 g/mol. The van der Waals surface area contributed by atoms with Crippen LogP contribution in [0.1, 0.15) is 12.5 Å². The zero-order valence-electron chi connectivity index (χ0n) is 8.16. The SMILES string of the molecule is COc1ccc(CC(C)C[TeH])cc1. The van der Waals surface area contributed by atoms with Crippen LogP contribution in [0.5, 0.6) is 5.75 Å². The van der Waals surface area contributed by atoms with Crippen molar-refractivity contribution in [2.75, 3.05) is 7.11 Å². The molecule has 0 N–H and O–H groups in total. The second-order valence-corrected chi connectivity index (χ2v) is 4.38. The standard InChI is InChI=1S/C11H16OTe/c1-9(8-13)7-10-3-5-11(12-2)6-4-10/h3-6,9,13H,7-8H2,1-2H3. The molecule has 1 aromatic carbocycles. The summed E-state index contributed by atoms with van der Waals surface area (Å²) in [6.45, 7) is 2.29. The Morgan fingerprint density at radius 1 is 1.31 bits per heavy atom. The number of ether oxygens (including phenoxy) is 1. The first kappa shape index (κ1) is 10.9. The molecule has 1 rings (SSSR count). The zero-order chi connectivity index (χ0) is 9.68. The van der Waals surface area contributed by atoms with Gasteiger partial charge >= 0.3 is 93.5 Å². The maximum atomic E-state index is 5.10. The van der Waals surface area contributed by atoms with Crippen molar-refractivity contribution in [3.8, 4) is 5.75 Å². The first-order valence-corrected chi connectivity index (χ1v) is 6.30. The van der Waals surface area contributed by atoms with Crippen LogP contribution in [-0.2, 0) is 6.42 Å². The minimum absolute atomic E-state index is 0.794. The summed E-state index contributed by atoms with van der Waals surface area (Å²) in [6.07, 6.45) is 1.18. The molecule has 1 unspecified atom stereocenters. The maximum absolute atomic E-state index is 5.10. The molecule has 0 spiro atoms. The molecule has 0 bridgehead atoms. The van der Waals surface area contributed by atoms with E-state index >= 15 is 0 Å². The predicted molar refractivity (Wildman–Crippen MR) is 57.8 cm³/mol. The Labute approximate surface area is 93.4 Å². The van der Waals surface area contributed by atoms with Gasteiger partial charge in [0.15, 0.2) is 0 Å². The van der Waals surface area contributed by atoms with Crippen LogP contribution in [0.3, 0.4) is 0 Å². The number of methoxy groups -OCH3 is 1. The summed E-state index contributed by atoms with van der Waals surface area (Å²) in [4.78, 5) is 0. The van der Waals surface area contributed by atoms with E-state index in [9.17, 15) is 0 Å². The fourth-order valence-corrected chi connectivity index (χ4v) is 1.60. The number of hydrogen-bond acceptors (Lipinski definition) is 1. The van der Waals surface area contributed by atoms with Gasteiger partial charge in [-0.2, -0.15) is 0 Å². The Balaban J connectivity index is 2.58. The molecule has 72 valence electrons. The van der Waals surface area contributed by atoms with Crippen molar-refractivity contribution in [2.45, 2.75) is 17.8 Å². The second-order valence-electron chi connectivity index (χ2n) is 3.34. The Bertz CT molecular complexity index is 243. The third kappa shape index (κ3) is 3.58. The summed E-state index contributed by atoms with van der Waals surface area (Å²) < 4.78 is 6.40. The summed E-state index contributed by atoms with van der Waals surface area (Å²) in [6, 6.07) is 8.36. The molecule has 1 aromatic rings. The van der Waals surface area contributed by atoms with Gasteiger partial charge in [-0.1, -0.05) is 0 Å². The van der Waals surface area contributed by atoms with Gasteiger partial charge in [0.25, 0.3) is 0 Å². The van der Waals surface area contributed by atoms with E-state index in [1.165, 1.54) is 16.5 Å². The van der Waals surface area contributed by atoms with Crippen LogP contribution >= 0.6 is 0 Å². The Morgan fingerprint density at radius 2 is 1.92 bits per heavy atom. The van der Waals surface area contributed by atoms with E-state index in [1.54, 1.807) is 7.11 Å². The van der Waals surface area contributed by atoms with E-state index in [0.29, 0.717) is 0 Å². The third-order valence-corrected chi connectivity index (χ3v) is 3.83. The van der Waals surface area contributed by atoms with E-state index in [-0.39, 0.29) is 0 Å². The minimum atomic E-state index is 0.794. The number of rotatable bonds is 4. The quantitative estimate of drug-likeness (QED) is 0.773. The predicted octanol–water partition coefficient (Wildman–Crippen LogP) is 2.19. The molecule has 1 nitrogen and oxygen atoms in total. The monoisotopic (exact) mass is 294 g/mol. The van der Waals surface area contributed by atoms with Crippen molar-refractivity contribution in [3.63, 3.8) is 0 Å². The van der Waals surface area contributed by atoms with Crippen LogP contribution in [0.4, 0.5) is 0 Å². The van der Waals surface area contributed by atoms with Gasteiger partial charge in [0.2, 0.25) is 0 Å². The molecule has 0 heterocycles. The van der Waals surface area contributed by atoms with E-state index in [1.807, 2.05) is 34.4 Å². The van der Waals surface area contributed by atoms with Crippen LogP contribution < -0.4 is 4.74 Å². The number of benzene rings is 1. The van der Waals surface area contributed by atoms with Crippen molar-refractivity contribution in [2.24, 2.45) is 5.92 Å². The second kappa shape index (κ2) is 5.52. The molecular formula is C11H16OTe. The number of hydrogen-bond donors (Lipinski definition) is 0. The van der Waals surface area contributed by atoms with Crippen molar-refractivity contribution in [1.82, 2.24) is 0 Å². The molecule has 0 saturated carbocycles. The van der Waals surface area contributed by atoms with Gasteiger partial charge in [0.05, 0.1) is 0 Å². The van der Waals surface area contributed by atoms with Crippen molar-refractivity contribution in [1.29, 1.82) is 0 Å². The van der Waals surface area contributed by atoms with Crippen LogP contribution in [0.15, 0.2) is 24.3 Å². The fourth-order valence-electron chi connectivity index (χ4n) is 1.23. The molecule has 0 amide bonds. The Morgan fingerprint density at radius 3 is 2.38 bits per heavy atom. The fraction of sp³-hybridized carbons (Fsp3) is 0.455. The summed E-state index contributed by atoms with van der Waals surface area (Å²) >= 11 is 1.90. The molecule has 2 heteroatoms. The van der Waals surface area contributed by atoms with Crippen molar-refractivity contribution < 1.29 is 4.74 Å². The van der Waals surface area contributed by atoms with Crippen molar-refractivity contribution in [3.05, 3.63) is 29.8 Å². The zero-order valence-corrected chi connectivity index (χ0v) is 10.7. The van der Waals surface area contributed by atoms with Crippen LogP contribution in [0.25, 0.3) is 0 Å². The summed E-state index contributed by atoms with van der Waals surface area (Å²) in [7, 11) is 1.70. The van der Waals surface area contributed by atoms with E-state index in [2.05, 4.69) is 19.1 Å². The topological polar surface area (TPSA) is 9.23 Å². The normalized spacial score (nSPS) is 12.5. The summed E-state index contributed by atoms with van der Waals surface area (Å²) in [5.41, 5.74) is 1.41. The molecule has 1 atom stereocenters. The molecule has 13 heavy (non-hydrogen) atoms. The van der Waals surface area contributed by atoms with Gasteiger partial charge in [-0.05, 0) is 0 Å². The molecule has 0 fully saturated rings. The van der Waals surface area contributed by atoms with Crippen LogP contribution in [0.2, 0.25) is 4.47 Å². The van der Waals surface area contributed by atoms with Gasteiger partial charge in [-0.25, -0.2) is 0 Å². The van der Waals surface area contributed by atoms with Gasteiger partial charge in [-0.3, -0.25) is 0 Å². The van der Waals surface area contributed by atoms with Gasteiger partial charge < -0.3 is 0 Å². The van der Waals surface area contributed by atoms with Crippen LogP contribution in [0, 0.1) is 5.92 Å². The van der Waals surface area contributed by atoms with Crippen LogP contribution in [-0.4, -0.2) is 29.4 Å². The average molecular weight is 292 g/mol.